The third-order valence-electron chi connectivity index (χ3n) is 4.01. The number of carbonyl (C=O) groups is 2. The van der Waals surface area contributed by atoms with Gasteiger partial charge in [0.1, 0.15) is 5.75 Å². The molecule has 1 atom stereocenters. The Kier molecular flexibility index (Phi) is 8.02. The van der Waals surface area contributed by atoms with E-state index in [1.165, 1.54) is 33.7 Å². The number of methoxy groups -OCH3 is 3. The lowest BCUT2D eigenvalue weighted by molar-refractivity contribution is -0.124. The van der Waals surface area contributed by atoms with Crippen molar-refractivity contribution in [3.63, 3.8) is 0 Å². The Hall–Kier alpha value is -3.07. The minimum Gasteiger partial charge on any atom is -0.496 e. The number of ether oxygens (including phenoxy) is 4. The molecule has 0 unspecified atom stereocenters. The maximum atomic E-state index is 12.2. The van der Waals surface area contributed by atoms with E-state index in [2.05, 4.69) is 5.32 Å². The summed E-state index contributed by atoms with van der Waals surface area (Å²) in [6.45, 7) is -0.339. The van der Waals surface area contributed by atoms with Crippen LogP contribution in [0.5, 0.6) is 17.2 Å². The van der Waals surface area contributed by atoms with Gasteiger partial charge in [-0.2, -0.15) is 0 Å². The predicted molar refractivity (Wildman–Crippen MR) is 107 cm³/mol. The summed E-state index contributed by atoms with van der Waals surface area (Å²) >= 11 is 0. The zero-order chi connectivity index (χ0) is 21.4. The van der Waals surface area contributed by atoms with E-state index < -0.39 is 29.3 Å². The third kappa shape index (κ3) is 5.71. The lowest BCUT2D eigenvalue weighted by Crippen LogP contribution is -2.28. The molecule has 9 heteroatoms. The Morgan fingerprint density at radius 3 is 2.21 bits per heavy atom. The Balaban J connectivity index is 1.99. The molecule has 0 bridgehead atoms. The van der Waals surface area contributed by atoms with Gasteiger partial charge in [-0.3, -0.25) is 9.00 Å². The molecular weight excluding hydrogens is 398 g/mol. The fourth-order valence-corrected chi connectivity index (χ4v) is 3.30. The summed E-state index contributed by atoms with van der Waals surface area (Å²) in [6.07, 6.45) is 1.47. The standard InChI is InChI=1S/C20H23NO7S/c1-25-15-10-17(27-3)16(26-2)9-13(15)11-21-19(22)12-28-20(23)14-7-5-6-8-18(14)29(4)24/h5-10H,11-12H2,1-4H3,(H,21,22)/t29-/m1/s1. The first-order valence-corrected chi connectivity index (χ1v) is 10.1. The maximum absolute atomic E-state index is 12.2. The Morgan fingerprint density at radius 1 is 0.966 bits per heavy atom. The Morgan fingerprint density at radius 2 is 1.59 bits per heavy atom. The fourth-order valence-electron chi connectivity index (χ4n) is 2.57. The number of rotatable bonds is 9. The van der Waals surface area contributed by atoms with Crippen LogP contribution in [0.1, 0.15) is 15.9 Å². The van der Waals surface area contributed by atoms with Gasteiger partial charge in [-0.05, 0) is 18.2 Å². The van der Waals surface area contributed by atoms with Crippen LogP contribution in [0.4, 0.5) is 0 Å². The van der Waals surface area contributed by atoms with Crippen molar-refractivity contribution in [1.29, 1.82) is 0 Å². The molecule has 29 heavy (non-hydrogen) atoms. The van der Waals surface area contributed by atoms with Gasteiger partial charge in [-0.15, -0.1) is 0 Å². The highest BCUT2D eigenvalue weighted by Crippen LogP contribution is 2.34. The number of amides is 1. The van der Waals surface area contributed by atoms with Gasteiger partial charge >= 0.3 is 5.97 Å². The van der Waals surface area contributed by atoms with Crippen molar-refractivity contribution in [3.05, 3.63) is 47.5 Å². The number of hydrogen-bond donors (Lipinski definition) is 1. The molecule has 0 aliphatic heterocycles. The van der Waals surface area contributed by atoms with Crippen molar-refractivity contribution in [2.45, 2.75) is 11.4 Å². The minimum absolute atomic E-state index is 0.134. The normalized spacial score (nSPS) is 11.3. The topological polar surface area (TPSA) is 100 Å². The van der Waals surface area contributed by atoms with E-state index in [-0.39, 0.29) is 12.1 Å². The highest BCUT2D eigenvalue weighted by atomic mass is 32.2. The zero-order valence-corrected chi connectivity index (χ0v) is 17.5. The molecule has 0 aliphatic carbocycles. The first-order valence-electron chi connectivity index (χ1n) is 8.56. The Labute approximate surface area is 171 Å². The first kappa shape index (κ1) is 22.2. The summed E-state index contributed by atoms with van der Waals surface area (Å²) in [5.74, 6) is 0.299. The van der Waals surface area contributed by atoms with E-state index in [1.807, 2.05) is 0 Å². The molecule has 0 saturated heterocycles. The lowest BCUT2D eigenvalue weighted by atomic mass is 10.1. The van der Waals surface area contributed by atoms with Gasteiger partial charge < -0.3 is 24.3 Å². The molecule has 0 aromatic heterocycles. The summed E-state index contributed by atoms with van der Waals surface area (Å²) in [7, 11) is 3.17. The molecule has 156 valence electrons. The van der Waals surface area contributed by atoms with E-state index in [4.69, 9.17) is 18.9 Å². The average Bonchev–Trinajstić information content (AvgIpc) is 2.75. The molecule has 8 nitrogen and oxygen atoms in total. The van der Waals surface area contributed by atoms with Crippen molar-refractivity contribution in [3.8, 4) is 17.2 Å². The van der Waals surface area contributed by atoms with Gasteiger partial charge in [0.05, 0.1) is 42.6 Å². The van der Waals surface area contributed by atoms with Crippen molar-refractivity contribution < 1.29 is 32.7 Å². The van der Waals surface area contributed by atoms with E-state index in [1.54, 1.807) is 30.3 Å². The molecule has 0 saturated carbocycles. The van der Waals surface area contributed by atoms with Crippen LogP contribution in [-0.2, 0) is 26.9 Å². The molecule has 0 spiro atoms. The number of esters is 1. The van der Waals surface area contributed by atoms with Gasteiger partial charge in [0, 0.05) is 24.4 Å². The summed E-state index contributed by atoms with van der Waals surface area (Å²) in [6, 6.07) is 9.74. The largest absolute Gasteiger partial charge is 0.496 e. The van der Waals surface area contributed by atoms with Gasteiger partial charge in [0.2, 0.25) is 0 Å². The number of hydrogen-bond acceptors (Lipinski definition) is 7. The van der Waals surface area contributed by atoms with Gasteiger partial charge in [0.15, 0.2) is 18.1 Å². The average molecular weight is 421 g/mol. The first-order chi connectivity index (χ1) is 13.9. The third-order valence-corrected chi connectivity index (χ3v) is 4.99. The second-order valence-electron chi connectivity index (χ2n) is 5.82. The summed E-state index contributed by atoms with van der Waals surface area (Å²) in [5.41, 5.74) is 0.833. The molecule has 0 aliphatic rings. The van der Waals surface area contributed by atoms with Crippen LogP contribution < -0.4 is 19.5 Å². The van der Waals surface area contributed by atoms with Crippen molar-refractivity contribution in [1.82, 2.24) is 5.32 Å². The SMILES string of the molecule is COc1cc(OC)c(OC)cc1CNC(=O)COC(=O)c1ccccc1[S@@](C)=O. The molecule has 0 radical (unpaired) electrons. The number of benzene rings is 2. The van der Waals surface area contributed by atoms with Crippen LogP contribution in [-0.4, -0.2) is 50.3 Å². The van der Waals surface area contributed by atoms with E-state index in [0.29, 0.717) is 27.7 Å². The zero-order valence-electron chi connectivity index (χ0n) is 16.6. The minimum atomic E-state index is -1.35. The number of nitrogens with one attached hydrogen (secondary N) is 1. The second kappa shape index (κ2) is 10.5. The highest BCUT2D eigenvalue weighted by molar-refractivity contribution is 7.84. The molecule has 0 fully saturated rings. The van der Waals surface area contributed by atoms with Crippen LogP contribution in [0, 0.1) is 0 Å². The monoisotopic (exact) mass is 421 g/mol. The molecule has 0 heterocycles. The van der Waals surface area contributed by atoms with Crippen LogP contribution in [0.25, 0.3) is 0 Å². The van der Waals surface area contributed by atoms with Crippen LogP contribution in [0.2, 0.25) is 0 Å². The van der Waals surface area contributed by atoms with Gasteiger partial charge in [-0.1, -0.05) is 12.1 Å². The molecular formula is C20H23NO7S. The Bertz CT molecular complexity index is 914. The van der Waals surface area contributed by atoms with Crippen LogP contribution in [0.15, 0.2) is 41.3 Å². The molecule has 2 aromatic rings. The quantitative estimate of drug-likeness (QED) is 0.618. The second-order valence-corrected chi connectivity index (χ2v) is 7.17. The predicted octanol–water partition coefficient (Wildman–Crippen LogP) is 1.92. The van der Waals surface area contributed by atoms with Crippen LogP contribution >= 0.6 is 0 Å². The summed E-state index contributed by atoms with van der Waals surface area (Å²) < 4.78 is 32.6. The van der Waals surface area contributed by atoms with Gasteiger partial charge in [-0.25, -0.2) is 4.79 Å². The molecule has 1 amide bonds. The summed E-state index contributed by atoms with van der Waals surface area (Å²) in [5, 5.41) is 2.65. The lowest BCUT2D eigenvalue weighted by Gasteiger charge is -2.14. The van der Waals surface area contributed by atoms with Crippen LogP contribution in [0.3, 0.4) is 0 Å². The summed E-state index contributed by atoms with van der Waals surface area (Å²) in [4.78, 5) is 24.7. The van der Waals surface area contributed by atoms with Gasteiger partial charge in [0.25, 0.3) is 5.91 Å². The van der Waals surface area contributed by atoms with E-state index in [9.17, 15) is 13.8 Å². The van der Waals surface area contributed by atoms with E-state index >= 15 is 0 Å². The molecule has 1 N–H and O–H groups in total. The van der Waals surface area contributed by atoms with Crippen molar-refractivity contribution in [2.75, 3.05) is 34.2 Å². The molecule has 2 aromatic carbocycles. The van der Waals surface area contributed by atoms with Crippen molar-refractivity contribution >= 4 is 22.7 Å². The fraction of sp³-hybridized carbons (Fsp3) is 0.300. The molecule has 2 rings (SSSR count). The number of carbonyl (C=O) groups excluding carboxylic acids is 2. The van der Waals surface area contributed by atoms with Crippen molar-refractivity contribution in [2.24, 2.45) is 0 Å². The highest BCUT2D eigenvalue weighted by Gasteiger charge is 2.17. The van der Waals surface area contributed by atoms with E-state index in [0.717, 1.165) is 0 Å². The smallest absolute Gasteiger partial charge is 0.339 e. The maximum Gasteiger partial charge on any atom is 0.339 e.